The number of aromatic nitrogens is 3. The molecule has 0 radical (unpaired) electrons. The summed E-state index contributed by atoms with van der Waals surface area (Å²) in [5, 5.41) is 15.0. The Kier molecular flexibility index (Phi) is 3.21. The van der Waals surface area contributed by atoms with Gasteiger partial charge in [0.15, 0.2) is 5.82 Å². The molecule has 1 aromatic carbocycles. The third-order valence-corrected chi connectivity index (χ3v) is 3.32. The molecule has 1 aromatic heterocycles. The Morgan fingerprint density at radius 3 is 2.89 bits per heavy atom. The summed E-state index contributed by atoms with van der Waals surface area (Å²) in [7, 11) is 0. The molecule has 0 atom stereocenters. The van der Waals surface area contributed by atoms with Gasteiger partial charge in [-0.2, -0.15) is 10.1 Å². The fraction of sp³-hybridized carbons (Fsp3) is 0.308. The minimum absolute atomic E-state index is 0.463. The Morgan fingerprint density at radius 1 is 1.32 bits per heavy atom. The third kappa shape index (κ3) is 3.12. The Hall–Kier alpha value is -1.88. The fourth-order valence-electron chi connectivity index (χ4n) is 1.66. The lowest BCUT2D eigenvalue weighted by atomic mass is 10.2. The summed E-state index contributed by atoms with van der Waals surface area (Å²) in [6, 6.07) is 6.27. The maximum atomic E-state index is 6.08. The number of nitrogens with one attached hydrogen (secondary N) is 2. The highest BCUT2D eigenvalue weighted by Crippen LogP contribution is 2.24. The molecule has 2 aromatic rings. The van der Waals surface area contributed by atoms with Crippen LogP contribution in [0.3, 0.4) is 0 Å². The van der Waals surface area contributed by atoms with Crippen molar-refractivity contribution in [2.45, 2.75) is 25.8 Å². The lowest BCUT2D eigenvalue weighted by molar-refractivity contribution is 0.965. The summed E-state index contributed by atoms with van der Waals surface area (Å²) in [6.45, 7) is 1.96. The fourth-order valence-corrected chi connectivity index (χ4v) is 1.84. The van der Waals surface area contributed by atoms with Crippen LogP contribution in [0, 0.1) is 6.92 Å². The molecule has 5 nitrogen and oxygen atoms in total. The SMILES string of the molecule is Cc1ccc(Nc2nncc(NC3CC3)n2)cc1Cl. The maximum absolute atomic E-state index is 6.08. The number of hydrogen-bond donors (Lipinski definition) is 2. The molecule has 98 valence electrons. The number of benzene rings is 1. The van der Waals surface area contributed by atoms with E-state index < -0.39 is 0 Å². The first-order valence-corrected chi connectivity index (χ1v) is 6.58. The van der Waals surface area contributed by atoms with Crippen LogP contribution in [-0.4, -0.2) is 21.2 Å². The molecular weight excluding hydrogens is 262 g/mol. The van der Waals surface area contributed by atoms with Gasteiger partial charge in [0.2, 0.25) is 5.95 Å². The molecule has 1 aliphatic rings. The van der Waals surface area contributed by atoms with Crippen molar-refractivity contribution in [1.82, 2.24) is 15.2 Å². The van der Waals surface area contributed by atoms with Crippen molar-refractivity contribution in [2.75, 3.05) is 10.6 Å². The number of anilines is 3. The number of hydrogen-bond acceptors (Lipinski definition) is 5. The predicted molar refractivity (Wildman–Crippen MR) is 75.9 cm³/mol. The molecule has 0 aliphatic heterocycles. The van der Waals surface area contributed by atoms with Gasteiger partial charge in [-0.15, -0.1) is 5.10 Å². The second-order valence-electron chi connectivity index (χ2n) is 4.67. The molecule has 6 heteroatoms. The van der Waals surface area contributed by atoms with Crippen LogP contribution in [0.25, 0.3) is 0 Å². The van der Waals surface area contributed by atoms with Crippen LogP contribution in [0.5, 0.6) is 0 Å². The molecule has 1 aliphatic carbocycles. The standard InChI is InChI=1S/C13H14ClN5/c1-8-2-3-10(6-11(8)14)17-13-18-12(7-15-19-13)16-9-4-5-9/h2-3,6-7,9H,4-5H2,1H3,(H2,16,17,18,19). The van der Waals surface area contributed by atoms with Gasteiger partial charge in [-0.1, -0.05) is 17.7 Å². The van der Waals surface area contributed by atoms with Crippen LogP contribution in [0.1, 0.15) is 18.4 Å². The second-order valence-corrected chi connectivity index (χ2v) is 5.08. The van der Waals surface area contributed by atoms with Crippen molar-refractivity contribution in [1.29, 1.82) is 0 Å². The van der Waals surface area contributed by atoms with E-state index in [0.717, 1.165) is 17.1 Å². The smallest absolute Gasteiger partial charge is 0.249 e. The molecule has 0 saturated heterocycles. The molecule has 1 saturated carbocycles. The van der Waals surface area contributed by atoms with E-state index in [2.05, 4.69) is 25.8 Å². The maximum Gasteiger partial charge on any atom is 0.249 e. The summed E-state index contributed by atoms with van der Waals surface area (Å²) in [6.07, 6.45) is 4.02. The van der Waals surface area contributed by atoms with Crippen LogP contribution in [0.15, 0.2) is 24.4 Å². The van der Waals surface area contributed by atoms with Gasteiger partial charge in [-0.3, -0.25) is 0 Å². The Balaban J connectivity index is 1.75. The number of nitrogens with zero attached hydrogens (tertiary/aromatic N) is 3. The van der Waals surface area contributed by atoms with E-state index in [9.17, 15) is 0 Å². The topological polar surface area (TPSA) is 62.7 Å². The summed E-state index contributed by atoms with van der Waals surface area (Å²) in [4.78, 5) is 4.36. The summed E-state index contributed by atoms with van der Waals surface area (Å²) in [5.74, 6) is 1.21. The predicted octanol–water partition coefficient (Wildman–Crippen LogP) is 3.15. The average molecular weight is 276 g/mol. The largest absolute Gasteiger partial charge is 0.366 e. The van der Waals surface area contributed by atoms with E-state index in [0.29, 0.717) is 17.0 Å². The zero-order valence-corrected chi connectivity index (χ0v) is 11.3. The van der Waals surface area contributed by atoms with Crippen LogP contribution < -0.4 is 10.6 Å². The van der Waals surface area contributed by atoms with Gasteiger partial charge < -0.3 is 10.6 Å². The van der Waals surface area contributed by atoms with Gasteiger partial charge in [0.1, 0.15) is 0 Å². The van der Waals surface area contributed by atoms with Crippen LogP contribution in [0.2, 0.25) is 5.02 Å². The third-order valence-electron chi connectivity index (χ3n) is 2.92. The van der Waals surface area contributed by atoms with E-state index in [1.54, 1.807) is 6.20 Å². The Labute approximate surface area is 116 Å². The van der Waals surface area contributed by atoms with E-state index in [4.69, 9.17) is 11.6 Å². The lowest BCUT2D eigenvalue weighted by Crippen LogP contribution is -2.06. The van der Waals surface area contributed by atoms with Crippen molar-refractivity contribution in [3.05, 3.63) is 35.0 Å². The quantitative estimate of drug-likeness (QED) is 0.897. The first-order valence-electron chi connectivity index (χ1n) is 6.20. The van der Waals surface area contributed by atoms with Crippen molar-refractivity contribution in [3.8, 4) is 0 Å². The molecule has 2 N–H and O–H groups in total. The van der Waals surface area contributed by atoms with Crippen LogP contribution in [0.4, 0.5) is 17.5 Å². The second kappa shape index (κ2) is 5.01. The summed E-state index contributed by atoms with van der Waals surface area (Å²) in [5.41, 5.74) is 1.89. The Bertz CT molecular complexity index is 597. The first-order chi connectivity index (χ1) is 9.20. The summed E-state index contributed by atoms with van der Waals surface area (Å²) >= 11 is 6.08. The van der Waals surface area contributed by atoms with Crippen LogP contribution in [-0.2, 0) is 0 Å². The summed E-state index contributed by atoms with van der Waals surface area (Å²) < 4.78 is 0. The van der Waals surface area contributed by atoms with E-state index in [-0.39, 0.29) is 0 Å². The molecule has 19 heavy (non-hydrogen) atoms. The minimum Gasteiger partial charge on any atom is -0.366 e. The van der Waals surface area contributed by atoms with Gasteiger partial charge in [-0.05, 0) is 37.5 Å². The number of aryl methyl sites for hydroxylation is 1. The van der Waals surface area contributed by atoms with E-state index in [1.165, 1.54) is 12.8 Å². The van der Waals surface area contributed by atoms with Crippen molar-refractivity contribution in [3.63, 3.8) is 0 Å². The van der Waals surface area contributed by atoms with Gasteiger partial charge in [0, 0.05) is 16.8 Å². The molecule has 0 amide bonds. The normalized spacial score (nSPS) is 14.2. The Morgan fingerprint density at radius 2 is 2.16 bits per heavy atom. The first kappa shape index (κ1) is 12.2. The van der Waals surface area contributed by atoms with Crippen molar-refractivity contribution < 1.29 is 0 Å². The van der Waals surface area contributed by atoms with Gasteiger partial charge in [0.05, 0.1) is 6.20 Å². The molecule has 1 heterocycles. The minimum atomic E-state index is 0.463. The zero-order chi connectivity index (χ0) is 13.2. The van der Waals surface area contributed by atoms with Crippen molar-refractivity contribution >= 4 is 29.1 Å². The highest BCUT2D eigenvalue weighted by Gasteiger charge is 2.21. The average Bonchev–Trinajstić information content (AvgIpc) is 3.18. The van der Waals surface area contributed by atoms with Gasteiger partial charge >= 0.3 is 0 Å². The highest BCUT2D eigenvalue weighted by atomic mass is 35.5. The van der Waals surface area contributed by atoms with E-state index >= 15 is 0 Å². The zero-order valence-electron chi connectivity index (χ0n) is 10.5. The monoisotopic (exact) mass is 275 g/mol. The molecule has 1 fully saturated rings. The van der Waals surface area contributed by atoms with E-state index in [1.807, 2.05) is 25.1 Å². The molecule has 3 rings (SSSR count). The molecule has 0 spiro atoms. The number of rotatable bonds is 4. The van der Waals surface area contributed by atoms with Crippen LogP contribution >= 0.6 is 11.6 Å². The molecule has 0 bridgehead atoms. The van der Waals surface area contributed by atoms with Gasteiger partial charge in [-0.25, -0.2) is 0 Å². The van der Waals surface area contributed by atoms with Gasteiger partial charge in [0.25, 0.3) is 0 Å². The highest BCUT2D eigenvalue weighted by molar-refractivity contribution is 6.31. The lowest BCUT2D eigenvalue weighted by Gasteiger charge is -2.07. The molecule has 0 unspecified atom stereocenters. The number of halogens is 1. The van der Waals surface area contributed by atoms with Crippen molar-refractivity contribution in [2.24, 2.45) is 0 Å². The molecular formula is C13H14ClN5.